The monoisotopic (exact) mass is 358 g/mol. The summed E-state index contributed by atoms with van der Waals surface area (Å²) < 4.78 is 1.08. The van der Waals surface area contributed by atoms with Gasteiger partial charge in [0.25, 0.3) is 0 Å². The summed E-state index contributed by atoms with van der Waals surface area (Å²) >= 11 is 3.49. The quantitative estimate of drug-likeness (QED) is 0.893. The second-order valence-electron chi connectivity index (χ2n) is 5.76. The summed E-state index contributed by atoms with van der Waals surface area (Å²) in [5, 5.41) is 3.23. The maximum absolute atomic E-state index is 12.6. The lowest BCUT2D eigenvalue weighted by Gasteiger charge is -2.23. The summed E-state index contributed by atoms with van der Waals surface area (Å²) in [6, 6.07) is 14.4. The van der Waals surface area contributed by atoms with Gasteiger partial charge in [-0.15, -0.1) is 0 Å². The highest BCUT2D eigenvalue weighted by Crippen LogP contribution is 2.31. The molecule has 4 heteroatoms. The summed E-state index contributed by atoms with van der Waals surface area (Å²) in [6.07, 6.45) is 0.930. The van der Waals surface area contributed by atoms with Gasteiger partial charge in [0.1, 0.15) is 0 Å². The van der Waals surface area contributed by atoms with E-state index in [1.54, 1.807) is 0 Å². The average Bonchev–Trinajstić information content (AvgIpc) is 2.84. The predicted octanol–water partition coefficient (Wildman–Crippen LogP) is 4.15. The molecule has 0 radical (unpaired) electrons. The van der Waals surface area contributed by atoms with Crippen LogP contribution in [0, 0.1) is 6.92 Å². The number of carbonyl (C=O) groups excluding carboxylic acids is 1. The third kappa shape index (κ3) is 2.88. The highest BCUT2D eigenvalue weighted by molar-refractivity contribution is 9.10. The molecule has 3 nitrogen and oxygen atoms in total. The van der Waals surface area contributed by atoms with E-state index in [-0.39, 0.29) is 11.9 Å². The van der Waals surface area contributed by atoms with Crippen molar-refractivity contribution in [2.45, 2.75) is 26.3 Å². The number of nitrogens with one attached hydrogen (secondary N) is 1. The summed E-state index contributed by atoms with van der Waals surface area (Å²) in [4.78, 5) is 14.5. The van der Waals surface area contributed by atoms with Crippen LogP contribution in [-0.4, -0.2) is 18.5 Å². The van der Waals surface area contributed by atoms with Crippen LogP contribution >= 0.6 is 15.9 Å². The largest absolute Gasteiger partial charge is 0.376 e. The van der Waals surface area contributed by atoms with Crippen molar-refractivity contribution in [3.63, 3.8) is 0 Å². The van der Waals surface area contributed by atoms with Crippen LogP contribution in [0.5, 0.6) is 0 Å². The molecule has 2 aromatic carbocycles. The Morgan fingerprint density at radius 2 is 2.09 bits per heavy atom. The number of carbonyl (C=O) groups is 1. The van der Waals surface area contributed by atoms with Crippen LogP contribution in [0.25, 0.3) is 0 Å². The van der Waals surface area contributed by atoms with E-state index in [1.807, 2.05) is 48.2 Å². The first-order valence-electron chi connectivity index (χ1n) is 7.46. The molecule has 1 unspecified atom stereocenters. The molecule has 3 rings (SSSR count). The van der Waals surface area contributed by atoms with Crippen molar-refractivity contribution in [3.05, 3.63) is 58.1 Å². The first kappa shape index (κ1) is 15.1. The Balaban J connectivity index is 1.71. The number of para-hydroxylation sites is 1. The molecule has 0 bridgehead atoms. The van der Waals surface area contributed by atoms with Crippen molar-refractivity contribution in [2.24, 2.45) is 0 Å². The third-order valence-electron chi connectivity index (χ3n) is 4.08. The molecule has 1 atom stereocenters. The Morgan fingerprint density at radius 1 is 1.32 bits per heavy atom. The van der Waals surface area contributed by atoms with Gasteiger partial charge in [-0.05, 0) is 55.7 Å². The lowest BCUT2D eigenvalue weighted by atomic mass is 10.1. The molecule has 0 aliphatic carbocycles. The second-order valence-corrected chi connectivity index (χ2v) is 6.62. The molecule has 22 heavy (non-hydrogen) atoms. The molecule has 0 saturated carbocycles. The van der Waals surface area contributed by atoms with Crippen molar-refractivity contribution in [1.29, 1.82) is 0 Å². The zero-order chi connectivity index (χ0) is 15.7. The smallest absolute Gasteiger partial charge is 0.246 e. The lowest BCUT2D eigenvalue weighted by molar-refractivity contribution is -0.117. The maximum Gasteiger partial charge on any atom is 0.246 e. The van der Waals surface area contributed by atoms with Gasteiger partial charge in [0.05, 0.1) is 6.54 Å². The summed E-state index contributed by atoms with van der Waals surface area (Å²) in [5.74, 6) is 0.109. The number of hydrogen-bond acceptors (Lipinski definition) is 2. The van der Waals surface area contributed by atoms with Crippen molar-refractivity contribution in [2.75, 3.05) is 16.8 Å². The molecule has 114 valence electrons. The van der Waals surface area contributed by atoms with E-state index >= 15 is 0 Å². The fourth-order valence-electron chi connectivity index (χ4n) is 2.96. The number of amides is 1. The maximum atomic E-state index is 12.6. The number of halogens is 1. The molecule has 0 spiro atoms. The lowest BCUT2D eigenvalue weighted by Crippen LogP contribution is -2.39. The molecular formula is C18H19BrN2O. The van der Waals surface area contributed by atoms with E-state index in [9.17, 15) is 4.79 Å². The number of benzene rings is 2. The summed E-state index contributed by atoms with van der Waals surface area (Å²) in [6.45, 7) is 4.44. The minimum absolute atomic E-state index is 0.109. The minimum Gasteiger partial charge on any atom is -0.376 e. The van der Waals surface area contributed by atoms with Gasteiger partial charge in [-0.2, -0.15) is 0 Å². The van der Waals surface area contributed by atoms with Gasteiger partial charge in [-0.25, -0.2) is 0 Å². The number of aryl methyl sites for hydroxylation is 1. The Kier molecular flexibility index (Phi) is 4.21. The Labute approximate surface area is 139 Å². The fourth-order valence-corrected chi connectivity index (χ4v) is 3.21. The molecule has 1 N–H and O–H groups in total. The van der Waals surface area contributed by atoms with Crippen LogP contribution in [0.4, 0.5) is 11.4 Å². The van der Waals surface area contributed by atoms with Gasteiger partial charge >= 0.3 is 0 Å². The van der Waals surface area contributed by atoms with E-state index in [0.29, 0.717) is 6.54 Å². The van der Waals surface area contributed by atoms with Crippen LogP contribution in [-0.2, 0) is 11.2 Å². The van der Waals surface area contributed by atoms with E-state index in [1.165, 1.54) is 5.56 Å². The molecule has 0 fully saturated rings. The molecular weight excluding hydrogens is 340 g/mol. The zero-order valence-electron chi connectivity index (χ0n) is 12.8. The number of rotatable bonds is 3. The number of anilines is 2. The number of hydrogen-bond donors (Lipinski definition) is 1. The second kappa shape index (κ2) is 6.13. The van der Waals surface area contributed by atoms with Crippen LogP contribution in [0.1, 0.15) is 18.1 Å². The van der Waals surface area contributed by atoms with E-state index in [2.05, 4.69) is 34.2 Å². The van der Waals surface area contributed by atoms with E-state index in [0.717, 1.165) is 27.8 Å². The van der Waals surface area contributed by atoms with Gasteiger partial charge < -0.3 is 10.2 Å². The van der Waals surface area contributed by atoms with Crippen LogP contribution in [0.2, 0.25) is 0 Å². The molecule has 1 aliphatic rings. The molecule has 1 amide bonds. The van der Waals surface area contributed by atoms with Gasteiger partial charge in [-0.1, -0.05) is 34.1 Å². The van der Waals surface area contributed by atoms with Crippen LogP contribution in [0.3, 0.4) is 0 Å². The van der Waals surface area contributed by atoms with Gasteiger partial charge in [0.2, 0.25) is 5.91 Å². The summed E-state index contributed by atoms with van der Waals surface area (Å²) in [7, 11) is 0. The number of fused-ring (bicyclic) bond motifs is 1. The predicted molar refractivity (Wildman–Crippen MR) is 94.5 cm³/mol. The average molecular weight is 359 g/mol. The highest BCUT2D eigenvalue weighted by atomic mass is 79.9. The topological polar surface area (TPSA) is 32.3 Å². The minimum atomic E-state index is 0.109. The van der Waals surface area contributed by atoms with Gasteiger partial charge in [-0.3, -0.25) is 4.79 Å². The van der Waals surface area contributed by atoms with Gasteiger partial charge in [0, 0.05) is 21.9 Å². The van der Waals surface area contributed by atoms with Crippen molar-refractivity contribution in [3.8, 4) is 0 Å². The molecule has 2 aromatic rings. The van der Waals surface area contributed by atoms with Crippen LogP contribution < -0.4 is 10.2 Å². The number of nitrogens with zero attached hydrogens (tertiary/aromatic N) is 1. The van der Waals surface area contributed by atoms with Crippen molar-refractivity contribution >= 4 is 33.2 Å². The Hall–Kier alpha value is -1.81. The normalized spacial score (nSPS) is 16.5. The first-order valence-corrected chi connectivity index (χ1v) is 8.25. The fraction of sp³-hybridized carbons (Fsp3) is 0.278. The van der Waals surface area contributed by atoms with Gasteiger partial charge in [0.15, 0.2) is 0 Å². The highest BCUT2D eigenvalue weighted by Gasteiger charge is 2.30. The SMILES string of the molecule is Cc1cc(NCC(=O)N2c3ccccc3CC2C)ccc1Br. The third-order valence-corrected chi connectivity index (χ3v) is 4.97. The zero-order valence-corrected chi connectivity index (χ0v) is 14.4. The first-order chi connectivity index (χ1) is 10.6. The van der Waals surface area contributed by atoms with E-state index < -0.39 is 0 Å². The van der Waals surface area contributed by atoms with E-state index in [4.69, 9.17) is 0 Å². The Morgan fingerprint density at radius 3 is 2.86 bits per heavy atom. The van der Waals surface area contributed by atoms with Crippen LogP contribution in [0.15, 0.2) is 46.9 Å². The molecule has 1 aliphatic heterocycles. The molecule has 0 aromatic heterocycles. The van der Waals surface area contributed by atoms with Crippen molar-refractivity contribution in [1.82, 2.24) is 0 Å². The molecule has 1 heterocycles. The van der Waals surface area contributed by atoms with Crippen molar-refractivity contribution < 1.29 is 4.79 Å². The molecule has 0 saturated heterocycles. The standard InChI is InChI=1S/C18H19BrN2O/c1-12-9-15(7-8-16(12)19)20-11-18(22)21-13(2)10-14-5-3-4-6-17(14)21/h3-9,13,20H,10-11H2,1-2H3. The summed E-state index contributed by atoms with van der Waals surface area (Å²) in [5.41, 5.74) is 4.42. The Bertz CT molecular complexity index is 714.